The first-order valence-corrected chi connectivity index (χ1v) is 8.34. The maximum absolute atomic E-state index is 11.5. The van der Waals surface area contributed by atoms with Crippen molar-refractivity contribution in [3.05, 3.63) is 58.9 Å². The number of nitrogens with zero attached hydrogens (tertiary/aromatic N) is 3. The van der Waals surface area contributed by atoms with E-state index < -0.39 is 6.09 Å². The molecule has 0 bridgehead atoms. The van der Waals surface area contributed by atoms with E-state index in [0.717, 1.165) is 5.56 Å². The number of rotatable bonds is 6. The summed E-state index contributed by atoms with van der Waals surface area (Å²) >= 11 is 6.13. The molecule has 0 aliphatic rings. The van der Waals surface area contributed by atoms with E-state index in [-0.39, 0.29) is 6.61 Å². The van der Waals surface area contributed by atoms with Crippen LogP contribution in [0.5, 0.6) is 0 Å². The van der Waals surface area contributed by atoms with Gasteiger partial charge in [-0.15, -0.1) is 0 Å². The second-order valence-electron chi connectivity index (χ2n) is 5.12. The lowest BCUT2D eigenvalue weighted by Crippen LogP contribution is -2.21. The van der Waals surface area contributed by atoms with Gasteiger partial charge in [0, 0.05) is 23.3 Å². The van der Waals surface area contributed by atoms with Crippen LogP contribution in [0.25, 0.3) is 0 Å². The zero-order valence-electron chi connectivity index (χ0n) is 14.2. The molecule has 0 aliphatic carbocycles. The Labute approximate surface area is 156 Å². The van der Waals surface area contributed by atoms with Gasteiger partial charge in [-0.05, 0) is 31.0 Å². The molecule has 2 N–H and O–H groups in total. The summed E-state index contributed by atoms with van der Waals surface area (Å²) in [7, 11) is 0. The van der Waals surface area contributed by atoms with Gasteiger partial charge in [-0.1, -0.05) is 29.8 Å². The highest BCUT2D eigenvalue weighted by atomic mass is 35.5. The van der Waals surface area contributed by atoms with Crippen molar-refractivity contribution >= 4 is 29.2 Å². The molecule has 1 heterocycles. The third-order valence-electron chi connectivity index (χ3n) is 3.32. The number of carbonyl (C=O) groups excluding carboxylic acids is 1. The molecular formula is C18H18ClN5O2. The predicted octanol–water partition coefficient (Wildman–Crippen LogP) is 3.36. The van der Waals surface area contributed by atoms with Gasteiger partial charge in [0.15, 0.2) is 6.19 Å². The van der Waals surface area contributed by atoms with Crippen molar-refractivity contribution in [3.8, 4) is 6.19 Å². The monoisotopic (exact) mass is 371 g/mol. The van der Waals surface area contributed by atoms with E-state index in [1.807, 2.05) is 30.5 Å². The number of nitrogens with one attached hydrogen (secondary N) is 2. The fourth-order valence-electron chi connectivity index (χ4n) is 2.17. The van der Waals surface area contributed by atoms with Crippen LogP contribution in [-0.4, -0.2) is 30.1 Å². The number of amides is 1. The number of hydrogen-bond donors (Lipinski definition) is 2. The van der Waals surface area contributed by atoms with E-state index in [1.165, 1.54) is 6.20 Å². The Balaban J connectivity index is 2.12. The minimum atomic E-state index is -0.572. The number of aliphatic imine (C=N–C) groups is 1. The Hall–Kier alpha value is -3.11. The van der Waals surface area contributed by atoms with Crippen LogP contribution in [-0.2, 0) is 11.2 Å². The van der Waals surface area contributed by atoms with E-state index in [2.05, 4.69) is 20.6 Å². The molecule has 1 aromatic heterocycles. The highest BCUT2D eigenvalue weighted by Crippen LogP contribution is 2.15. The molecule has 8 heteroatoms. The summed E-state index contributed by atoms with van der Waals surface area (Å²) in [6.45, 7) is 2.42. The fraction of sp³-hybridized carbons (Fsp3) is 0.222. The average Bonchev–Trinajstić information content (AvgIpc) is 2.63. The van der Waals surface area contributed by atoms with Crippen LogP contribution < -0.4 is 10.6 Å². The van der Waals surface area contributed by atoms with Crippen molar-refractivity contribution in [2.75, 3.05) is 18.5 Å². The van der Waals surface area contributed by atoms with Crippen molar-refractivity contribution in [1.29, 1.82) is 5.26 Å². The van der Waals surface area contributed by atoms with Crippen LogP contribution in [0.3, 0.4) is 0 Å². The van der Waals surface area contributed by atoms with Gasteiger partial charge < -0.3 is 4.74 Å². The van der Waals surface area contributed by atoms with Crippen molar-refractivity contribution < 1.29 is 9.53 Å². The summed E-state index contributed by atoms with van der Waals surface area (Å²) in [4.78, 5) is 20.0. The number of hydrogen-bond acceptors (Lipinski definition) is 5. The number of carbonyl (C=O) groups is 1. The molecule has 7 nitrogen and oxygen atoms in total. The number of ether oxygens (including phenoxy) is 1. The highest BCUT2D eigenvalue weighted by Gasteiger charge is 2.08. The van der Waals surface area contributed by atoms with Crippen molar-refractivity contribution in [1.82, 2.24) is 10.3 Å². The van der Waals surface area contributed by atoms with Crippen LogP contribution in [0.15, 0.2) is 47.7 Å². The highest BCUT2D eigenvalue weighted by molar-refractivity contribution is 6.31. The Kier molecular flexibility index (Phi) is 7.40. The number of pyridine rings is 1. The largest absolute Gasteiger partial charge is 0.450 e. The number of anilines is 1. The van der Waals surface area contributed by atoms with Gasteiger partial charge in [0.1, 0.15) is 5.84 Å². The van der Waals surface area contributed by atoms with Crippen molar-refractivity contribution in [3.63, 3.8) is 0 Å². The first-order valence-electron chi connectivity index (χ1n) is 7.96. The van der Waals surface area contributed by atoms with Crippen molar-refractivity contribution in [2.24, 2.45) is 4.99 Å². The summed E-state index contributed by atoms with van der Waals surface area (Å²) in [6, 6.07) is 9.19. The molecule has 2 rings (SSSR count). The molecule has 0 radical (unpaired) electrons. The van der Waals surface area contributed by atoms with Gasteiger partial charge in [-0.3, -0.25) is 20.6 Å². The van der Waals surface area contributed by atoms with E-state index in [1.54, 1.807) is 19.2 Å². The molecule has 0 atom stereocenters. The predicted molar refractivity (Wildman–Crippen MR) is 100 cm³/mol. The van der Waals surface area contributed by atoms with Gasteiger partial charge in [-0.2, -0.15) is 5.26 Å². The lowest BCUT2D eigenvalue weighted by Gasteiger charge is -2.08. The maximum Gasteiger partial charge on any atom is 0.411 e. The third kappa shape index (κ3) is 5.76. The summed E-state index contributed by atoms with van der Waals surface area (Å²) < 4.78 is 4.83. The average molecular weight is 372 g/mol. The molecule has 0 fully saturated rings. The second kappa shape index (κ2) is 10.0. The Morgan fingerprint density at radius 2 is 2.19 bits per heavy atom. The molecule has 1 aromatic carbocycles. The summed E-state index contributed by atoms with van der Waals surface area (Å²) in [5.74, 6) is 0.361. The number of aromatic nitrogens is 1. The maximum atomic E-state index is 11.5. The second-order valence-corrected chi connectivity index (χ2v) is 5.52. The SMILES string of the molecule is CCOC(=O)Nc1cncc(C(=NCCc2ccccc2Cl)NC#N)c1. The van der Waals surface area contributed by atoms with Crippen LogP contribution in [0.4, 0.5) is 10.5 Å². The van der Waals surface area contributed by atoms with Gasteiger partial charge >= 0.3 is 6.09 Å². The summed E-state index contributed by atoms with van der Waals surface area (Å²) in [5, 5.41) is 14.8. The molecule has 26 heavy (non-hydrogen) atoms. The molecule has 0 saturated carbocycles. The minimum absolute atomic E-state index is 0.268. The summed E-state index contributed by atoms with van der Waals surface area (Å²) in [5.41, 5.74) is 1.99. The Morgan fingerprint density at radius 1 is 1.38 bits per heavy atom. The number of nitriles is 1. The fourth-order valence-corrected chi connectivity index (χ4v) is 2.40. The van der Waals surface area contributed by atoms with Crippen LogP contribution in [0.1, 0.15) is 18.1 Å². The van der Waals surface area contributed by atoms with E-state index >= 15 is 0 Å². The molecule has 0 saturated heterocycles. The first-order chi connectivity index (χ1) is 12.6. The molecule has 2 aromatic rings. The van der Waals surface area contributed by atoms with Gasteiger partial charge in [0.25, 0.3) is 0 Å². The Morgan fingerprint density at radius 3 is 2.92 bits per heavy atom. The molecule has 0 aliphatic heterocycles. The van der Waals surface area contributed by atoms with E-state index in [4.69, 9.17) is 21.6 Å². The topological polar surface area (TPSA) is 99.4 Å². The normalized spacial score (nSPS) is 10.7. The van der Waals surface area contributed by atoms with Gasteiger partial charge in [0.2, 0.25) is 0 Å². The third-order valence-corrected chi connectivity index (χ3v) is 3.69. The van der Waals surface area contributed by atoms with E-state index in [0.29, 0.717) is 35.1 Å². The first kappa shape index (κ1) is 19.2. The van der Waals surface area contributed by atoms with Crippen LogP contribution in [0.2, 0.25) is 5.02 Å². The van der Waals surface area contributed by atoms with Crippen molar-refractivity contribution in [2.45, 2.75) is 13.3 Å². The Bertz CT molecular complexity index is 832. The number of benzene rings is 1. The van der Waals surface area contributed by atoms with Crippen LogP contribution in [0, 0.1) is 11.5 Å². The number of amidine groups is 1. The molecule has 1 amide bonds. The van der Waals surface area contributed by atoms with E-state index in [9.17, 15) is 4.79 Å². The zero-order valence-corrected chi connectivity index (χ0v) is 15.0. The number of halogens is 1. The van der Waals surface area contributed by atoms with Crippen LogP contribution >= 0.6 is 11.6 Å². The molecule has 0 unspecified atom stereocenters. The van der Waals surface area contributed by atoms with Gasteiger partial charge in [-0.25, -0.2) is 4.79 Å². The minimum Gasteiger partial charge on any atom is -0.450 e. The standard InChI is InChI=1S/C18H18ClN5O2/c1-2-26-18(25)24-15-9-14(10-21-11-15)17(23-12-20)22-8-7-13-5-3-4-6-16(13)19/h3-6,9-11H,2,7-8H2,1H3,(H,22,23)(H,24,25). The molecule has 0 spiro atoms. The van der Waals surface area contributed by atoms with Gasteiger partial charge in [0.05, 0.1) is 18.5 Å². The summed E-state index contributed by atoms with van der Waals surface area (Å²) in [6.07, 6.45) is 4.95. The lowest BCUT2D eigenvalue weighted by molar-refractivity contribution is 0.168. The molecule has 134 valence electrons. The smallest absolute Gasteiger partial charge is 0.411 e. The zero-order chi connectivity index (χ0) is 18.8. The molecular weight excluding hydrogens is 354 g/mol. The quantitative estimate of drug-likeness (QED) is 0.351. The lowest BCUT2D eigenvalue weighted by atomic mass is 10.1.